The van der Waals surface area contributed by atoms with Gasteiger partial charge in [0.15, 0.2) is 0 Å². The summed E-state index contributed by atoms with van der Waals surface area (Å²) in [6.45, 7) is 3.09. The van der Waals surface area contributed by atoms with Gasteiger partial charge in [0.2, 0.25) is 5.91 Å². The van der Waals surface area contributed by atoms with E-state index in [2.05, 4.69) is 10.6 Å². The molecule has 2 aliphatic rings. The summed E-state index contributed by atoms with van der Waals surface area (Å²) in [5.74, 6) is 0.474. The second kappa shape index (κ2) is 7.66. The normalized spacial score (nSPS) is 21.2. The van der Waals surface area contributed by atoms with Gasteiger partial charge in [-0.3, -0.25) is 4.79 Å². The summed E-state index contributed by atoms with van der Waals surface area (Å²) in [5.41, 5.74) is 1.54. The summed E-state index contributed by atoms with van der Waals surface area (Å²) in [6.07, 6.45) is 0.517. The molecule has 1 heterocycles. The number of carbonyl (C=O) groups is 1. The Kier molecular flexibility index (Phi) is 6.04. The van der Waals surface area contributed by atoms with Crippen LogP contribution < -0.4 is 15.4 Å². The van der Waals surface area contributed by atoms with Crippen molar-refractivity contribution in [3.63, 3.8) is 0 Å². The van der Waals surface area contributed by atoms with Gasteiger partial charge < -0.3 is 15.4 Å². The molecule has 2 N–H and O–H groups in total. The van der Waals surface area contributed by atoms with E-state index in [-0.39, 0.29) is 29.6 Å². The molecule has 1 aromatic rings. The molecular formula is C17H23ClF2N2O2. The van der Waals surface area contributed by atoms with Crippen molar-refractivity contribution < 1.29 is 18.3 Å². The summed E-state index contributed by atoms with van der Waals surface area (Å²) >= 11 is 0. The zero-order chi connectivity index (χ0) is 16.4. The first-order chi connectivity index (χ1) is 11.0. The Balaban J connectivity index is 0.00000208. The van der Waals surface area contributed by atoms with E-state index in [1.165, 1.54) is 0 Å². The van der Waals surface area contributed by atoms with Crippen molar-refractivity contribution in [3.05, 3.63) is 23.8 Å². The maximum atomic E-state index is 12.4. The fourth-order valence-electron chi connectivity index (χ4n) is 3.41. The van der Waals surface area contributed by atoms with E-state index in [0.29, 0.717) is 11.4 Å². The van der Waals surface area contributed by atoms with Crippen molar-refractivity contribution in [3.8, 4) is 5.75 Å². The van der Waals surface area contributed by atoms with Gasteiger partial charge in [0.05, 0.1) is 0 Å². The van der Waals surface area contributed by atoms with E-state index in [0.717, 1.165) is 37.9 Å². The van der Waals surface area contributed by atoms with Gasteiger partial charge in [-0.2, -0.15) is 0 Å². The van der Waals surface area contributed by atoms with Gasteiger partial charge in [0.1, 0.15) is 12.4 Å². The van der Waals surface area contributed by atoms with E-state index in [4.69, 9.17) is 4.74 Å². The molecule has 24 heavy (non-hydrogen) atoms. The number of alkyl halides is 2. The molecule has 1 aliphatic heterocycles. The largest absolute Gasteiger partial charge is 0.487 e. The molecular weight excluding hydrogens is 338 g/mol. The predicted octanol–water partition coefficient (Wildman–Crippen LogP) is 3.39. The van der Waals surface area contributed by atoms with Gasteiger partial charge in [-0.25, -0.2) is 8.78 Å². The lowest BCUT2D eigenvalue weighted by Gasteiger charge is -2.23. The molecule has 4 nitrogen and oxygen atoms in total. The van der Waals surface area contributed by atoms with Gasteiger partial charge in [0.25, 0.3) is 6.43 Å². The van der Waals surface area contributed by atoms with Crippen LogP contribution in [0.15, 0.2) is 18.2 Å². The van der Waals surface area contributed by atoms with Gasteiger partial charge in [0, 0.05) is 17.7 Å². The van der Waals surface area contributed by atoms with Gasteiger partial charge in [-0.1, -0.05) is 6.07 Å². The fourth-order valence-corrected chi connectivity index (χ4v) is 3.41. The Morgan fingerprint density at radius 1 is 1.42 bits per heavy atom. The highest BCUT2D eigenvalue weighted by molar-refractivity contribution is 5.95. The van der Waals surface area contributed by atoms with Crippen molar-refractivity contribution >= 4 is 24.0 Å². The van der Waals surface area contributed by atoms with Crippen molar-refractivity contribution in [1.29, 1.82) is 0 Å². The lowest BCUT2D eigenvalue weighted by molar-refractivity contribution is -0.118. The minimum atomic E-state index is -2.51. The third-order valence-electron chi connectivity index (χ3n) is 4.93. The van der Waals surface area contributed by atoms with Crippen LogP contribution in [0.3, 0.4) is 0 Å². The zero-order valence-electron chi connectivity index (χ0n) is 13.6. The lowest BCUT2D eigenvalue weighted by atomic mass is 9.92. The van der Waals surface area contributed by atoms with Crippen LogP contribution in [0.4, 0.5) is 14.5 Å². The number of hydrogen-bond donors (Lipinski definition) is 2. The lowest BCUT2D eigenvalue weighted by Crippen LogP contribution is -2.31. The molecule has 0 radical (unpaired) electrons. The predicted molar refractivity (Wildman–Crippen MR) is 91.2 cm³/mol. The summed E-state index contributed by atoms with van der Waals surface area (Å²) in [4.78, 5) is 12.4. The van der Waals surface area contributed by atoms with Gasteiger partial charge in [-0.05, 0) is 56.3 Å². The number of aryl methyl sites for hydroxylation is 1. The number of rotatable bonds is 5. The number of nitrogens with one attached hydrogen (secondary N) is 2. The number of piperidine rings is 1. The molecule has 7 heteroatoms. The highest BCUT2D eigenvalue weighted by Crippen LogP contribution is 2.58. The van der Waals surface area contributed by atoms with Crippen molar-refractivity contribution in [2.24, 2.45) is 11.3 Å². The van der Waals surface area contributed by atoms with Crippen LogP contribution in [0.1, 0.15) is 24.8 Å². The number of amides is 1. The summed E-state index contributed by atoms with van der Waals surface area (Å²) in [5, 5.41) is 6.22. The van der Waals surface area contributed by atoms with Crippen LogP contribution in [0.2, 0.25) is 0 Å². The fraction of sp³-hybridized carbons (Fsp3) is 0.588. The molecule has 1 spiro atoms. The average Bonchev–Trinajstić information content (AvgIpc) is 3.21. The van der Waals surface area contributed by atoms with Crippen LogP contribution in [-0.2, 0) is 4.79 Å². The molecule has 0 aromatic heterocycles. The number of halogens is 3. The van der Waals surface area contributed by atoms with Crippen LogP contribution >= 0.6 is 12.4 Å². The molecule has 0 bridgehead atoms. The Bertz CT molecular complexity index is 592. The molecule has 1 saturated heterocycles. The summed E-state index contributed by atoms with van der Waals surface area (Å²) < 4.78 is 29.7. The SMILES string of the molecule is Cc1ccc(NC(=O)C2CC23CCNCC3)cc1OCC(F)F.Cl. The Hall–Kier alpha value is -1.40. The molecule has 134 valence electrons. The molecule has 1 saturated carbocycles. The van der Waals surface area contributed by atoms with E-state index in [1.807, 2.05) is 0 Å². The maximum absolute atomic E-state index is 12.4. The maximum Gasteiger partial charge on any atom is 0.272 e. The molecule has 1 unspecified atom stereocenters. The number of hydrogen-bond acceptors (Lipinski definition) is 3. The van der Waals surface area contributed by atoms with Crippen molar-refractivity contribution in [1.82, 2.24) is 5.32 Å². The number of benzene rings is 1. The zero-order valence-corrected chi connectivity index (χ0v) is 14.4. The number of carbonyl (C=O) groups excluding carboxylic acids is 1. The first kappa shape index (κ1) is 18.9. The summed E-state index contributed by atoms with van der Waals surface area (Å²) in [6, 6.07) is 5.16. The Morgan fingerprint density at radius 3 is 2.79 bits per heavy atom. The number of ether oxygens (including phenoxy) is 1. The first-order valence-corrected chi connectivity index (χ1v) is 8.03. The second-order valence-electron chi connectivity index (χ2n) is 6.54. The minimum absolute atomic E-state index is 0. The van der Waals surface area contributed by atoms with Crippen LogP contribution in [0.5, 0.6) is 5.75 Å². The van der Waals surface area contributed by atoms with Crippen molar-refractivity contribution in [2.45, 2.75) is 32.6 Å². The second-order valence-corrected chi connectivity index (χ2v) is 6.54. The minimum Gasteiger partial charge on any atom is -0.487 e. The Labute approximate surface area is 146 Å². The van der Waals surface area contributed by atoms with Crippen LogP contribution in [0, 0.1) is 18.3 Å². The third-order valence-corrected chi connectivity index (χ3v) is 4.93. The molecule has 1 amide bonds. The Morgan fingerprint density at radius 2 is 2.12 bits per heavy atom. The van der Waals surface area contributed by atoms with E-state index in [1.54, 1.807) is 25.1 Å². The molecule has 2 fully saturated rings. The molecule has 1 atom stereocenters. The number of anilines is 1. The van der Waals surface area contributed by atoms with Crippen LogP contribution in [-0.4, -0.2) is 32.0 Å². The third kappa shape index (κ3) is 4.16. The molecule has 1 aromatic carbocycles. The van der Waals surface area contributed by atoms with E-state index < -0.39 is 13.0 Å². The van der Waals surface area contributed by atoms with Crippen LogP contribution in [0.25, 0.3) is 0 Å². The highest BCUT2D eigenvalue weighted by Gasteiger charge is 2.57. The standard InChI is InChI=1S/C17H22F2N2O2.ClH/c1-11-2-3-12(8-14(11)23-10-15(18)19)21-16(22)13-9-17(13)4-6-20-7-5-17;/h2-3,8,13,15,20H,4-7,9-10H2,1H3,(H,21,22);1H. The van der Waals surface area contributed by atoms with E-state index >= 15 is 0 Å². The average molecular weight is 361 g/mol. The molecule has 3 rings (SSSR count). The monoisotopic (exact) mass is 360 g/mol. The summed E-state index contributed by atoms with van der Waals surface area (Å²) in [7, 11) is 0. The topological polar surface area (TPSA) is 50.4 Å². The first-order valence-electron chi connectivity index (χ1n) is 8.03. The van der Waals surface area contributed by atoms with E-state index in [9.17, 15) is 13.6 Å². The quantitative estimate of drug-likeness (QED) is 0.846. The van der Waals surface area contributed by atoms with Crippen molar-refractivity contribution in [2.75, 3.05) is 25.0 Å². The van der Waals surface area contributed by atoms with Gasteiger partial charge in [-0.15, -0.1) is 12.4 Å². The highest BCUT2D eigenvalue weighted by atomic mass is 35.5. The van der Waals surface area contributed by atoms with Gasteiger partial charge >= 0.3 is 0 Å². The smallest absolute Gasteiger partial charge is 0.272 e. The molecule has 1 aliphatic carbocycles.